The van der Waals surface area contributed by atoms with Crippen LogP contribution in [0.15, 0.2) is 12.1 Å². The van der Waals surface area contributed by atoms with Gasteiger partial charge < -0.3 is 10.0 Å². The van der Waals surface area contributed by atoms with E-state index in [1.807, 2.05) is 0 Å². The Hall–Kier alpha value is -1.58. The van der Waals surface area contributed by atoms with Crippen molar-refractivity contribution < 1.29 is 9.90 Å². The van der Waals surface area contributed by atoms with Gasteiger partial charge in [0.15, 0.2) is 0 Å². The molecule has 4 heteroatoms. The monoisotopic (exact) mass is 276 g/mol. The number of aromatic nitrogens is 1. The molecule has 0 radical (unpaired) electrons. The second kappa shape index (κ2) is 6.73. The zero-order chi connectivity index (χ0) is 14.5. The maximum Gasteiger partial charge on any atom is 0.335 e. The summed E-state index contributed by atoms with van der Waals surface area (Å²) in [6.07, 6.45) is 5.43. The number of anilines is 1. The zero-order valence-corrected chi connectivity index (χ0v) is 12.4. The number of aryl methyl sites for hydroxylation is 1. The third kappa shape index (κ3) is 3.50. The third-order valence-electron chi connectivity index (χ3n) is 4.04. The Bertz CT molecular complexity index is 474. The second-order valence-electron chi connectivity index (χ2n) is 5.62. The summed E-state index contributed by atoms with van der Waals surface area (Å²) in [5.74, 6) is 0.676. The molecular weight excluding hydrogens is 252 g/mol. The number of aromatic carboxylic acids is 1. The van der Waals surface area contributed by atoms with Gasteiger partial charge in [-0.1, -0.05) is 26.7 Å². The highest BCUT2D eigenvalue weighted by molar-refractivity contribution is 5.88. The lowest BCUT2D eigenvalue weighted by atomic mass is 9.95. The second-order valence-corrected chi connectivity index (χ2v) is 5.62. The van der Waals surface area contributed by atoms with Crippen LogP contribution >= 0.6 is 0 Å². The van der Waals surface area contributed by atoms with Gasteiger partial charge in [0.1, 0.15) is 5.82 Å². The Labute approximate surface area is 120 Å². The predicted octanol–water partition coefficient (Wildman–Crippen LogP) is 3.36. The summed E-state index contributed by atoms with van der Waals surface area (Å²) in [6, 6.07) is 3.43. The van der Waals surface area contributed by atoms with E-state index in [-0.39, 0.29) is 0 Å². The number of hydrogen-bond acceptors (Lipinski definition) is 3. The first-order valence-electron chi connectivity index (χ1n) is 7.63. The van der Waals surface area contributed by atoms with E-state index in [0.717, 1.165) is 37.4 Å². The van der Waals surface area contributed by atoms with Crippen LogP contribution in [0, 0.1) is 5.92 Å². The van der Waals surface area contributed by atoms with Crippen molar-refractivity contribution in [3.05, 3.63) is 23.4 Å². The number of piperidine rings is 1. The quantitative estimate of drug-likeness (QED) is 0.896. The Morgan fingerprint density at radius 1 is 1.45 bits per heavy atom. The number of carboxylic acid groups (broad SMARTS) is 1. The number of pyridine rings is 1. The van der Waals surface area contributed by atoms with Crippen LogP contribution in [-0.4, -0.2) is 29.1 Å². The summed E-state index contributed by atoms with van der Waals surface area (Å²) in [7, 11) is 0. The molecule has 1 N–H and O–H groups in total. The Kier molecular flexibility index (Phi) is 4.99. The van der Waals surface area contributed by atoms with Gasteiger partial charge in [-0.25, -0.2) is 9.78 Å². The topological polar surface area (TPSA) is 53.4 Å². The molecule has 110 valence electrons. The van der Waals surface area contributed by atoms with Crippen molar-refractivity contribution in [1.82, 2.24) is 4.98 Å². The summed E-state index contributed by atoms with van der Waals surface area (Å²) in [4.78, 5) is 18.2. The lowest BCUT2D eigenvalue weighted by Crippen LogP contribution is -2.36. The van der Waals surface area contributed by atoms with Crippen molar-refractivity contribution >= 4 is 11.8 Å². The van der Waals surface area contributed by atoms with Gasteiger partial charge in [0, 0.05) is 18.8 Å². The number of nitrogens with zero attached hydrogens (tertiary/aromatic N) is 2. The van der Waals surface area contributed by atoms with Gasteiger partial charge in [-0.05, 0) is 37.3 Å². The van der Waals surface area contributed by atoms with E-state index in [9.17, 15) is 9.90 Å². The largest absolute Gasteiger partial charge is 0.478 e. The molecule has 0 aromatic carbocycles. The first kappa shape index (κ1) is 14.8. The number of carboxylic acids is 1. The molecule has 0 saturated carbocycles. The minimum Gasteiger partial charge on any atom is -0.478 e. The average Bonchev–Trinajstić information content (AvgIpc) is 2.47. The van der Waals surface area contributed by atoms with Gasteiger partial charge in [-0.2, -0.15) is 0 Å². The van der Waals surface area contributed by atoms with E-state index in [0.29, 0.717) is 11.5 Å². The fraction of sp³-hybridized carbons (Fsp3) is 0.625. The third-order valence-corrected chi connectivity index (χ3v) is 4.04. The van der Waals surface area contributed by atoms with Crippen molar-refractivity contribution in [2.75, 3.05) is 18.0 Å². The molecule has 1 saturated heterocycles. The Balaban J connectivity index is 2.27. The molecular formula is C16H24N2O2. The number of rotatable bonds is 5. The van der Waals surface area contributed by atoms with Crippen LogP contribution in [-0.2, 0) is 6.42 Å². The maximum absolute atomic E-state index is 11.3. The molecule has 20 heavy (non-hydrogen) atoms. The molecule has 4 nitrogen and oxygen atoms in total. The van der Waals surface area contributed by atoms with Gasteiger partial charge in [-0.3, -0.25) is 0 Å². The van der Waals surface area contributed by atoms with Crippen molar-refractivity contribution in [3.8, 4) is 0 Å². The fourth-order valence-electron chi connectivity index (χ4n) is 2.85. The van der Waals surface area contributed by atoms with E-state index >= 15 is 0 Å². The molecule has 1 aromatic rings. The smallest absolute Gasteiger partial charge is 0.335 e. The molecule has 2 rings (SSSR count). The number of hydrogen-bond donors (Lipinski definition) is 1. The molecule has 2 heterocycles. The van der Waals surface area contributed by atoms with E-state index in [2.05, 4.69) is 23.7 Å². The molecule has 0 aliphatic carbocycles. The van der Waals surface area contributed by atoms with Crippen molar-refractivity contribution in [3.63, 3.8) is 0 Å². The fourth-order valence-corrected chi connectivity index (χ4v) is 2.85. The van der Waals surface area contributed by atoms with Crippen LogP contribution in [0.2, 0.25) is 0 Å². The van der Waals surface area contributed by atoms with Gasteiger partial charge in [0.25, 0.3) is 0 Å². The van der Waals surface area contributed by atoms with Gasteiger partial charge in [-0.15, -0.1) is 0 Å². The highest BCUT2D eigenvalue weighted by Crippen LogP contribution is 2.25. The SMILES string of the molecule is CCCc1cc(C(=O)O)cc(N2CCCC(CC)C2)n1. The van der Waals surface area contributed by atoms with Gasteiger partial charge in [0.05, 0.1) is 5.56 Å². The van der Waals surface area contributed by atoms with Crippen molar-refractivity contribution in [1.29, 1.82) is 0 Å². The van der Waals surface area contributed by atoms with Gasteiger partial charge >= 0.3 is 5.97 Å². The van der Waals surface area contributed by atoms with Crippen molar-refractivity contribution in [2.45, 2.75) is 46.0 Å². The van der Waals surface area contributed by atoms with Crippen LogP contribution in [0.25, 0.3) is 0 Å². The van der Waals surface area contributed by atoms with Crippen molar-refractivity contribution in [2.24, 2.45) is 5.92 Å². The van der Waals surface area contributed by atoms with Crippen LogP contribution in [0.5, 0.6) is 0 Å². The predicted molar refractivity (Wildman–Crippen MR) is 80.4 cm³/mol. The minimum absolute atomic E-state index is 0.358. The molecule has 0 bridgehead atoms. The minimum atomic E-state index is -0.866. The lowest BCUT2D eigenvalue weighted by molar-refractivity contribution is 0.0696. The standard InChI is InChI=1S/C16H24N2O2/c1-3-6-14-9-13(16(19)20)10-15(17-14)18-8-5-7-12(4-2)11-18/h9-10,12H,3-8,11H2,1-2H3,(H,19,20). The molecule has 1 aliphatic heterocycles. The summed E-state index contributed by atoms with van der Waals surface area (Å²) in [5.41, 5.74) is 1.25. The lowest BCUT2D eigenvalue weighted by Gasteiger charge is -2.33. The molecule has 1 unspecified atom stereocenters. The van der Waals surface area contributed by atoms with Crippen LogP contribution in [0.4, 0.5) is 5.82 Å². The molecule has 1 fully saturated rings. The highest BCUT2D eigenvalue weighted by atomic mass is 16.4. The summed E-state index contributed by atoms with van der Waals surface area (Å²) in [5, 5.41) is 9.25. The molecule has 1 aromatic heterocycles. The molecule has 0 spiro atoms. The summed E-state index contributed by atoms with van der Waals surface area (Å²) >= 11 is 0. The number of carbonyl (C=O) groups is 1. The normalized spacial score (nSPS) is 19.1. The molecule has 1 atom stereocenters. The molecule has 1 aliphatic rings. The zero-order valence-electron chi connectivity index (χ0n) is 12.4. The van der Waals surface area contributed by atoms with Crippen LogP contribution in [0.3, 0.4) is 0 Å². The van der Waals surface area contributed by atoms with Crippen LogP contribution < -0.4 is 4.90 Å². The van der Waals surface area contributed by atoms with E-state index in [4.69, 9.17) is 0 Å². The van der Waals surface area contributed by atoms with E-state index < -0.39 is 5.97 Å². The first-order chi connectivity index (χ1) is 9.63. The first-order valence-corrected chi connectivity index (χ1v) is 7.63. The van der Waals surface area contributed by atoms with Crippen LogP contribution in [0.1, 0.15) is 55.6 Å². The highest BCUT2D eigenvalue weighted by Gasteiger charge is 2.21. The molecule has 0 amide bonds. The summed E-state index contributed by atoms with van der Waals surface area (Å²) in [6.45, 7) is 6.29. The van der Waals surface area contributed by atoms with Gasteiger partial charge in [0.2, 0.25) is 0 Å². The Morgan fingerprint density at radius 3 is 2.90 bits per heavy atom. The maximum atomic E-state index is 11.3. The van der Waals surface area contributed by atoms with E-state index in [1.165, 1.54) is 19.3 Å². The summed E-state index contributed by atoms with van der Waals surface area (Å²) < 4.78 is 0. The van der Waals surface area contributed by atoms with E-state index in [1.54, 1.807) is 12.1 Å². The average molecular weight is 276 g/mol. The Morgan fingerprint density at radius 2 is 2.25 bits per heavy atom.